The molecule has 1 saturated carbocycles. The summed E-state index contributed by atoms with van der Waals surface area (Å²) in [5.74, 6) is -1.81. The van der Waals surface area contributed by atoms with Gasteiger partial charge in [0.1, 0.15) is 16.4 Å². The first-order chi connectivity index (χ1) is 12.8. The van der Waals surface area contributed by atoms with Gasteiger partial charge in [-0.05, 0) is 58.6 Å². The van der Waals surface area contributed by atoms with Gasteiger partial charge in [-0.15, -0.1) is 0 Å². The maximum atomic E-state index is 12.7. The zero-order chi connectivity index (χ0) is 21.3. The van der Waals surface area contributed by atoms with Crippen molar-refractivity contribution in [3.63, 3.8) is 0 Å². The summed E-state index contributed by atoms with van der Waals surface area (Å²) in [5.41, 5.74) is -0.248. The Morgan fingerprint density at radius 1 is 1.25 bits per heavy atom. The largest absolute Gasteiger partial charge is 0.491 e. The molecule has 0 radical (unpaired) electrons. The van der Waals surface area contributed by atoms with Crippen LogP contribution < -0.4 is 4.74 Å². The van der Waals surface area contributed by atoms with Gasteiger partial charge in [0.15, 0.2) is 21.4 Å². The maximum absolute atomic E-state index is 12.7. The van der Waals surface area contributed by atoms with Gasteiger partial charge in [-0.2, -0.15) is 0 Å². The molecule has 0 aliphatic heterocycles. The van der Waals surface area contributed by atoms with E-state index in [1.807, 2.05) is 0 Å². The molecule has 8 heteroatoms. The van der Waals surface area contributed by atoms with Gasteiger partial charge < -0.3 is 9.47 Å². The van der Waals surface area contributed by atoms with Crippen molar-refractivity contribution in [2.45, 2.75) is 57.5 Å². The number of ketones is 1. The van der Waals surface area contributed by atoms with Gasteiger partial charge in [0.25, 0.3) is 0 Å². The molecule has 2 rings (SSSR count). The fourth-order valence-electron chi connectivity index (χ4n) is 2.85. The van der Waals surface area contributed by atoms with E-state index in [-0.39, 0.29) is 40.4 Å². The summed E-state index contributed by atoms with van der Waals surface area (Å²) in [6.45, 7) is 7.16. The standard InChI is InChI=1S/C20H27ClO6S/c1-6-26-18-15(28(5,24)25)10-9-13(16(18)21)11-14(17(22)12-7-8-12)19(23)27-20(2,3)4/h9-10,12,14H,6-8,11H2,1-5H3. The highest BCUT2D eigenvalue weighted by atomic mass is 35.5. The maximum Gasteiger partial charge on any atom is 0.317 e. The molecule has 0 bridgehead atoms. The highest BCUT2D eigenvalue weighted by Gasteiger charge is 2.40. The predicted octanol–water partition coefficient (Wildman–Crippen LogP) is 3.62. The van der Waals surface area contributed by atoms with Gasteiger partial charge in [-0.1, -0.05) is 17.7 Å². The molecule has 0 aromatic heterocycles. The quantitative estimate of drug-likeness (QED) is 0.462. The molecule has 0 heterocycles. The van der Waals surface area contributed by atoms with Crippen LogP contribution in [0.4, 0.5) is 0 Å². The van der Waals surface area contributed by atoms with E-state index in [2.05, 4.69) is 0 Å². The number of carbonyl (C=O) groups is 2. The molecule has 1 aliphatic carbocycles. The van der Waals surface area contributed by atoms with Crippen LogP contribution in [0, 0.1) is 11.8 Å². The minimum atomic E-state index is -3.55. The van der Waals surface area contributed by atoms with Crippen molar-refractivity contribution in [1.29, 1.82) is 0 Å². The number of sulfone groups is 1. The van der Waals surface area contributed by atoms with E-state index in [0.717, 1.165) is 19.1 Å². The Hall–Kier alpha value is -1.60. The molecular formula is C20H27ClO6S. The second-order valence-electron chi connectivity index (χ2n) is 8.04. The minimum absolute atomic E-state index is 0.0227. The molecule has 0 amide bonds. The third-order valence-corrected chi connectivity index (χ3v) is 5.80. The van der Waals surface area contributed by atoms with Gasteiger partial charge >= 0.3 is 5.97 Å². The fraction of sp³-hybridized carbons (Fsp3) is 0.600. The molecule has 1 fully saturated rings. The SMILES string of the molecule is CCOc1c(S(C)(=O)=O)ccc(CC(C(=O)OC(C)(C)C)C(=O)C2CC2)c1Cl. The number of Topliss-reactive ketones (excluding diaryl/α,β-unsaturated/α-hetero) is 1. The smallest absolute Gasteiger partial charge is 0.317 e. The van der Waals surface area contributed by atoms with Crippen LogP contribution in [0.15, 0.2) is 17.0 Å². The van der Waals surface area contributed by atoms with Crippen molar-refractivity contribution in [3.05, 3.63) is 22.7 Å². The Labute approximate surface area is 171 Å². The number of benzene rings is 1. The average molecular weight is 431 g/mol. The lowest BCUT2D eigenvalue weighted by molar-refractivity contribution is -0.162. The summed E-state index contributed by atoms with van der Waals surface area (Å²) in [6, 6.07) is 2.92. The van der Waals surface area contributed by atoms with Crippen LogP contribution in [0.2, 0.25) is 5.02 Å². The van der Waals surface area contributed by atoms with Crippen LogP contribution in [0.5, 0.6) is 5.75 Å². The number of ether oxygens (including phenoxy) is 2. The van der Waals surface area contributed by atoms with Gasteiger partial charge in [0.2, 0.25) is 0 Å². The topological polar surface area (TPSA) is 86.7 Å². The van der Waals surface area contributed by atoms with Crippen LogP contribution in [-0.2, 0) is 30.6 Å². The molecule has 1 atom stereocenters. The van der Waals surface area contributed by atoms with Crippen LogP contribution in [0.3, 0.4) is 0 Å². The number of halogens is 1. The van der Waals surface area contributed by atoms with E-state index < -0.39 is 27.3 Å². The van der Waals surface area contributed by atoms with E-state index >= 15 is 0 Å². The summed E-state index contributed by atoms with van der Waals surface area (Å²) in [6.07, 6.45) is 2.64. The normalized spacial score (nSPS) is 15.8. The monoisotopic (exact) mass is 430 g/mol. The van der Waals surface area contributed by atoms with E-state index in [4.69, 9.17) is 21.1 Å². The number of carbonyl (C=O) groups excluding carboxylic acids is 2. The summed E-state index contributed by atoms with van der Waals surface area (Å²) >= 11 is 6.43. The third-order valence-electron chi connectivity index (χ3n) is 4.27. The first-order valence-corrected chi connectivity index (χ1v) is 11.5. The lowest BCUT2D eigenvalue weighted by atomic mass is 9.92. The Morgan fingerprint density at radius 3 is 2.32 bits per heavy atom. The van der Waals surface area contributed by atoms with Crippen LogP contribution >= 0.6 is 11.6 Å². The molecule has 28 heavy (non-hydrogen) atoms. The van der Waals surface area contributed by atoms with Crippen molar-refractivity contribution < 1.29 is 27.5 Å². The highest BCUT2D eigenvalue weighted by Crippen LogP contribution is 2.38. The first-order valence-electron chi connectivity index (χ1n) is 9.26. The van der Waals surface area contributed by atoms with Crippen molar-refractivity contribution in [2.24, 2.45) is 11.8 Å². The van der Waals surface area contributed by atoms with Gasteiger partial charge in [-0.3, -0.25) is 9.59 Å². The van der Waals surface area contributed by atoms with Crippen molar-refractivity contribution in [2.75, 3.05) is 12.9 Å². The molecule has 0 spiro atoms. The summed E-state index contributed by atoms with van der Waals surface area (Å²) in [7, 11) is -3.55. The van der Waals surface area contributed by atoms with E-state index in [0.29, 0.717) is 5.56 Å². The number of hydrogen-bond acceptors (Lipinski definition) is 6. The second kappa shape index (κ2) is 8.41. The Balaban J connectivity index is 2.42. The molecule has 6 nitrogen and oxygen atoms in total. The van der Waals surface area contributed by atoms with Crippen LogP contribution in [0.1, 0.15) is 46.1 Å². The number of esters is 1. The summed E-state index contributed by atoms with van der Waals surface area (Å²) < 4.78 is 34.9. The Morgan fingerprint density at radius 2 is 1.86 bits per heavy atom. The summed E-state index contributed by atoms with van der Waals surface area (Å²) in [5, 5.41) is 0.0990. The van der Waals surface area contributed by atoms with Crippen molar-refractivity contribution >= 4 is 33.2 Å². The third kappa shape index (κ3) is 5.70. The first kappa shape index (κ1) is 22.7. The minimum Gasteiger partial charge on any atom is -0.491 e. The van der Waals surface area contributed by atoms with Gasteiger partial charge in [0.05, 0.1) is 11.6 Å². The van der Waals surface area contributed by atoms with Gasteiger partial charge in [0, 0.05) is 12.2 Å². The van der Waals surface area contributed by atoms with Crippen LogP contribution in [0.25, 0.3) is 0 Å². The molecule has 1 unspecified atom stereocenters. The number of rotatable bonds is 8. The Kier molecular flexibility index (Phi) is 6.82. The van der Waals surface area contributed by atoms with E-state index in [1.54, 1.807) is 27.7 Å². The lowest BCUT2D eigenvalue weighted by Crippen LogP contribution is -2.34. The highest BCUT2D eigenvalue weighted by molar-refractivity contribution is 7.90. The molecule has 0 saturated heterocycles. The predicted molar refractivity (Wildman–Crippen MR) is 107 cm³/mol. The molecular weight excluding hydrogens is 404 g/mol. The van der Waals surface area contributed by atoms with E-state index in [1.165, 1.54) is 12.1 Å². The zero-order valence-corrected chi connectivity index (χ0v) is 18.4. The van der Waals surface area contributed by atoms with Gasteiger partial charge in [-0.25, -0.2) is 8.42 Å². The molecule has 156 valence electrons. The number of hydrogen-bond donors (Lipinski definition) is 0. The zero-order valence-electron chi connectivity index (χ0n) is 16.9. The van der Waals surface area contributed by atoms with Crippen LogP contribution in [-0.4, -0.2) is 38.6 Å². The summed E-state index contributed by atoms with van der Waals surface area (Å²) in [4.78, 5) is 25.4. The molecule has 1 aromatic rings. The second-order valence-corrected chi connectivity index (χ2v) is 10.4. The lowest BCUT2D eigenvalue weighted by Gasteiger charge is -2.24. The fourth-order valence-corrected chi connectivity index (χ4v) is 4.02. The molecule has 0 N–H and O–H groups in total. The van der Waals surface area contributed by atoms with Crippen molar-refractivity contribution in [3.8, 4) is 5.75 Å². The average Bonchev–Trinajstić information content (AvgIpc) is 3.37. The Bertz CT molecular complexity index is 865. The van der Waals surface area contributed by atoms with Crippen molar-refractivity contribution in [1.82, 2.24) is 0 Å². The van der Waals surface area contributed by atoms with E-state index in [9.17, 15) is 18.0 Å². The molecule has 1 aromatic carbocycles. The molecule has 1 aliphatic rings.